The van der Waals surface area contributed by atoms with Crippen LogP contribution in [-0.2, 0) is 0 Å². The summed E-state index contributed by atoms with van der Waals surface area (Å²) in [6, 6.07) is 7.34. The lowest BCUT2D eigenvalue weighted by Crippen LogP contribution is -2.16. The van der Waals surface area contributed by atoms with Gasteiger partial charge in [-0.3, -0.25) is 4.79 Å². The Labute approximate surface area is 141 Å². The highest BCUT2D eigenvalue weighted by Gasteiger charge is 2.14. The van der Waals surface area contributed by atoms with E-state index in [4.69, 9.17) is 4.42 Å². The number of nitrogens with zero attached hydrogens (tertiary/aromatic N) is 1. The first-order chi connectivity index (χ1) is 10.1. The van der Waals surface area contributed by atoms with Gasteiger partial charge in [0.05, 0.1) is 10.7 Å². The van der Waals surface area contributed by atoms with Gasteiger partial charge in [0, 0.05) is 15.4 Å². The van der Waals surface area contributed by atoms with Gasteiger partial charge >= 0.3 is 5.91 Å². The summed E-state index contributed by atoms with van der Waals surface area (Å²) in [6.45, 7) is 0. The Balaban J connectivity index is 1.80. The van der Waals surface area contributed by atoms with Crippen LogP contribution in [0.1, 0.15) is 16.1 Å². The highest BCUT2D eigenvalue weighted by Crippen LogP contribution is 2.30. The van der Waals surface area contributed by atoms with Crippen LogP contribution in [0.15, 0.2) is 53.5 Å². The molecule has 0 fully saturated rings. The van der Waals surface area contributed by atoms with Crippen LogP contribution in [0.25, 0.3) is 11.0 Å². The SMILES string of the molecule is O=C(N/N=C\c1ccsc1)c1cc2cc(Br)cc(Br)c2o1. The molecule has 3 rings (SSSR count). The standard InChI is InChI=1S/C14H8Br2N2O2S/c15-10-3-9-4-12(20-13(9)11(16)5-10)14(19)18-17-6-8-1-2-21-7-8/h1-7H,(H,18,19)/b17-6-. The predicted octanol–water partition coefficient (Wildman–Crippen LogP) is 4.78. The summed E-state index contributed by atoms with van der Waals surface area (Å²) in [4.78, 5) is 12.0. The first-order valence-corrected chi connectivity index (χ1v) is 8.40. The molecular weight excluding hydrogens is 420 g/mol. The fraction of sp³-hybridized carbons (Fsp3) is 0. The molecular formula is C14H8Br2N2O2S. The number of rotatable bonds is 3. The van der Waals surface area contributed by atoms with Crippen molar-refractivity contribution in [2.24, 2.45) is 5.10 Å². The van der Waals surface area contributed by atoms with Crippen LogP contribution in [0.4, 0.5) is 0 Å². The zero-order valence-electron chi connectivity index (χ0n) is 10.5. The Morgan fingerprint density at radius 2 is 2.19 bits per heavy atom. The van der Waals surface area contributed by atoms with E-state index in [2.05, 4.69) is 42.4 Å². The fourth-order valence-electron chi connectivity index (χ4n) is 1.76. The number of furan rings is 1. The van der Waals surface area contributed by atoms with Crippen molar-refractivity contribution in [3.8, 4) is 0 Å². The quantitative estimate of drug-likeness (QED) is 0.482. The molecule has 0 saturated carbocycles. The molecule has 0 atom stereocenters. The average Bonchev–Trinajstić information content (AvgIpc) is 3.07. The Morgan fingerprint density at radius 3 is 2.95 bits per heavy atom. The molecule has 1 amide bonds. The number of hydrazone groups is 1. The molecule has 0 radical (unpaired) electrons. The second kappa shape index (κ2) is 6.13. The van der Waals surface area contributed by atoms with Crippen molar-refractivity contribution in [3.63, 3.8) is 0 Å². The maximum atomic E-state index is 12.0. The predicted molar refractivity (Wildman–Crippen MR) is 91.0 cm³/mol. The van der Waals surface area contributed by atoms with Crippen LogP contribution in [-0.4, -0.2) is 12.1 Å². The summed E-state index contributed by atoms with van der Waals surface area (Å²) < 4.78 is 7.24. The van der Waals surface area contributed by atoms with Gasteiger partial charge in [-0.25, -0.2) is 5.43 Å². The number of amides is 1. The van der Waals surface area contributed by atoms with Crippen molar-refractivity contribution in [1.29, 1.82) is 0 Å². The van der Waals surface area contributed by atoms with Gasteiger partial charge in [0.25, 0.3) is 0 Å². The Morgan fingerprint density at radius 1 is 1.33 bits per heavy atom. The number of carbonyl (C=O) groups is 1. The smallest absolute Gasteiger partial charge is 0.307 e. The van der Waals surface area contributed by atoms with Gasteiger partial charge in [-0.2, -0.15) is 16.4 Å². The monoisotopic (exact) mass is 426 g/mol. The number of hydrogen-bond donors (Lipinski definition) is 1. The summed E-state index contributed by atoms with van der Waals surface area (Å²) in [5.74, 6) is -0.174. The van der Waals surface area contributed by atoms with Crippen molar-refractivity contribution in [1.82, 2.24) is 5.43 Å². The van der Waals surface area contributed by atoms with Gasteiger partial charge in [0.15, 0.2) is 5.76 Å². The molecule has 1 aromatic carbocycles. The van der Waals surface area contributed by atoms with E-state index in [1.165, 1.54) is 0 Å². The van der Waals surface area contributed by atoms with Gasteiger partial charge in [-0.05, 0) is 51.0 Å². The summed E-state index contributed by atoms with van der Waals surface area (Å²) in [6.07, 6.45) is 1.59. The van der Waals surface area contributed by atoms with E-state index in [1.807, 2.05) is 29.0 Å². The molecule has 7 heteroatoms. The molecule has 21 heavy (non-hydrogen) atoms. The number of fused-ring (bicyclic) bond motifs is 1. The lowest BCUT2D eigenvalue weighted by Gasteiger charge is -1.95. The molecule has 1 N–H and O–H groups in total. The molecule has 0 saturated heterocycles. The molecule has 0 aliphatic carbocycles. The van der Waals surface area contributed by atoms with E-state index >= 15 is 0 Å². The Hall–Kier alpha value is -1.44. The number of thiophene rings is 1. The van der Waals surface area contributed by atoms with E-state index in [0.717, 1.165) is 19.9 Å². The van der Waals surface area contributed by atoms with Crippen LogP contribution >= 0.6 is 43.2 Å². The minimum absolute atomic E-state index is 0.214. The van der Waals surface area contributed by atoms with E-state index < -0.39 is 0 Å². The van der Waals surface area contributed by atoms with Crippen LogP contribution in [0.5, 0.6) is 0 Å². The van der Waals surface area contributed by atoms with Crippen molar-refractivity contribution >= 4 is 66.3 Å². The number of carbonyl (C=O) groups excluding carboxylic acids is 1. The van der Waals surface area contributed by atoms with Gasteiger partial charge in [0.1, 0.15) is 5.58 Å². The van der Waals surface area contributed by atoms with Gasteiger partial charge in [-0.1, -0.05) is 15.9 Å². The van der Waals surface area contributed by atoms with Crippen molar-refractivity contribution in [3.05, 3.63) is 55.3 Å². The maximum Gasteiger partial charge on any atom is 0.307 e. The number of nitrogens with one attached hydrogen (secondary N) is 1. The van der Waals surface area contributed by atoms with Gasteiger partial charge < -0.3 is 4.42 Å². The first kappa shape index (κ1) is 14.5. The van der Waals surface area contributed by atoms with Crippen LogP contribution in [0.3, 0.4) is 0 Å². The molecule has 4 nitrogen and oxygen atoms in total. The lowest BCUT2D eigenvalue weighted by molar-refractivity contribution is 0.0929. The van der Waals surface area contributed by atoms with Crippen LogP contribution in [0, 0.1) is 0 Å². The highest BCUT2D eigenvalue weighted by atomic mass is 79.9. The largest absolute Gasteiger partial charge is 0.450 e. The van der Waals surface area contributed by atoms with E-state index in [-0.39, 0.29) is 11.7 Å². The maximum absolute atomic E-state index is 12.0. The summed E-state index contributed by atoms with van der Waals surface area (Å²) in [5, 5.41) is 8.62. The molecule has 3 aromatic rings. The third kappa shape index (κ3) is 3.25. The summed E-state index contributed by atoms with van der Waals surface area (Å²) >= 11 is 8.37. The lowest BCUT2D eigenvalue weighted by atomic mass is 10.2. The molecule has 106 valence electrons. The molecule has 0 aliphatic heterocycles. The van der Waals surface area contributed by atoms with Crippen LogP contribution < -0.4 is 5.43 Å². The molecule has 0 unspecified atom stereocenters. The van der Waals surface area contributed by atoms with E-state index in [0.29, 0.717) is 5.58 Å². The summed E-state index contributed by atoms with van der Waals surface area (Å²) in [5.41, 5.74) is 4.02. The Bertz CT molecular complexity index is 825. The average molecular weight is 428 g/mol. The molecule has 0 aliphatic rings. The zero-order chi connectivity index (χ0) is 14.8. The number of halogens is 2. The fourth-order valence-corrected chi connectivity index (χ4v) is 3.71. The van der Waals surface area contributed by atoms with Crippen molar-refractivity contribution in [2.75, 3.05) is 0 Å². The van der Waals surface area contributed by atoms with E-state index in [1.54, 1.807) is 23.6 Å². The topological polar surface area (TPSA) is 54.6 Å². The van der Waals surface area contributed by atoms with Gasteiger partial charge in [-0.15, -0.1) is 0 Å². The number of hydrogen-bond acceptors (Lipinski definition) is 4. The third-order valence-corrected chi connectivity index (χ3v) is 4.43. The minimum Gasteiger partial charge on any atom is -0.450 e. The second-order valence-electron chi connectivity index (χ2n) is 4.17. The molecule has 0 bridgehead atoms. The van der Waals surface area contributed by atoms with E-state index in [9.17, 15) is 4.79 Å². The Kier molecular flexibility index (Phi) is 4.23. The summed E-state index contributed by atoms with van der Waals surface area (Å²) in [7, 11) is 0. The van der Waals surface area contributed by atoms with Gasteiger partial charge in [0.2, 0.25) is 0 Å². The second-order valence-corrected chi connectivity index (χ2v) is 6.72. The first-order valence-electron chi connectivity index (χ1n) is 5.87. The van der Waals surface area contributed by atoms with Crippen molar-refractivity contribution < 1.29 is 9.21 Å². The normalized spacial score (nSPS) is 11.3. The van der Waals surface area contributed by atoms with Crippen molar-refractivity contribution in [2.45, 2.75) is 0 Å². The van der Waals surface area contributed by atoms with Crippen LogP contribution in [0.2, 0.25) is 0 Å². The highest BCUT2D eigenvalue weighted by molar-refractivity contribution is 9.11. The molecule has 2 heterocycles. The zero-order valence-corrected chi connectivity index (χ0v) is 14.5. The minimum atomic E-state index is -0.388. The molecule has 0 spiro atoms. The number of benzene rings is 1. The third-order valence-electron chi connectivity index (χ3n) is 2.68. The molecule has 2 aromatic heterocycles.